The van der Waals surface area contributed by atoms with Crippen LogP contribution in [0.4, 0.5) is 15.8 Å². The lowest BCUT2D eigenvalue weighted by Gasteiger charge is -2.28. The molecule has 0 spiro atoms. The predicted octanol–water partition coefficient (Wildman–Crippen LogP) is 3.60. The molecular formula is C13H19FN2O2. The van der Waals surface area contributed by atoms with E-state index in [1.807, 2.05) is 6.92 Å². The number of benzene rings is 1. The highest BCUT2D eigenvalue weighted by atomic mass is 19.1. The average molecular weight is 254 g/mol. The highest BCUT2D eigenvalue weighted by Gasteiger charge is 2.24. The van der Waals surface area contributed by atoms with Crippen LogP contribution in [-0.4, -0.2) is 18.0 Å². The van der Waals surface area contributed by atoms with E-state index in [1.165, 1.54) is 6.07 Å². The molecule has 0 aliphatic rings. The molecule has 0 N–H and O–H groups in total. The van der Waals surface area contributed by atoms with E-state index in [2.05, 4.69) is 13.8 Å². The van der Waals surface area contributed by atoms with Crippen LogP contribution < -0.4 is 4.90 Å². The van der Waals surface area contributed by atoms with E-state index in [4.69, 9.17) is 0 Å². The summed E-state index contributed by atoms with van der Waals surface area (Å²) in [6.45, 7) is 6.16. The maximum atomic E-state index is 13.5. The van der Waals surface area contributed by atoms with Gasteiger partial charge in [-0.15, -0.1) is 0 Å². The SMILES string of the molecule is CC(C)CC(C)N(C)c1cccc(F)c1[N+](=O)[O-]. The molecule has 5 heteroatoms. The Morgan fingerprint density at radius 2 is 2.00 bits per heavy atom. The van der Waals surface area contributed by atoms with Crippen molar-refractivity contribution < 1.29 is 9.31 Å². The topological polar surface area (TPSA) is 46.4 Å². The summed E-state index contributed by atoms with van der Waals surface area (Å²) in [5, 5.41) is 10.9. The molecular weight excluding hydrogens is 235 g/mol. The molecule has 0 aliphatic carbocycles. The summed E-state index contributed by atoms with van der Waals surface area (Å²) >= 11 is 0. The summed E-state index contributed by atoms with van der Waals surface area (Å²) in [4.78, 5) is 12.0. The van der Waals surface area contributed by atoms with Crippen molar-refractivity contribution in [3.05, 3.63) is 34.1 Å². The molecule has 100 valence electrons. The summed E-state index contributed by atoms with van der Waals surface area (Å²) in [5.41, 5.74) is -0.122. The van der Waals surface area contributed by atoms with Gasteiger partial charge in [0, 0.05) is 13.1 Å². The smallest absolute Gasteiger partial charge is 0.327 e. The third-order valence-electron chi connectivity index (χ3n) is 3.00. The van der Waals surface area contributed by atoms with E-state index in [0.29, 0.717) is 11.6 Å². The maximum absolute atomic E-state index is 13.5. The van der Waals surface area contributed by atoms with Gasteiger partial charge in [0.1, 0.15) is 5.69 Å². The maximum Gasteiger partial charge on any atom is 0.327 e. The third-order valence-corrected chi connectivity index (χ3v) is 3.00. The standard InChI is InChI=1S/C13H19FN2O2/c1-9(2)8-10(3)15(4)12-7-5-6-11(14)13(12)16(17)18/h5-7,9-10H,8H2,1-4H3. The molecule has 0 bridgehead atoms. The second kappa shape index (κ2) is 5.80. The van der Waals surface area contributed by atoms with Crippen molar-refractivity contribution in [1.82, 2.24) is 0 Å². The average Bonchev–Trinajstić information content (AvgIpc) is 2.26. The van der Waals surface area contributed by atoms with Crippen LogP contribution in [-0.2, 0) is 0 Å². The Kier molecular flexibility index (Phi) is 4.64. The van der Waals surface area contributed by atoms with Gasteiger partial charge in [-0.05, 0) is 31.4 Å². The fourth-order valence-electron chi connectivity index (χ4n) is 2.05. The summed E-state index contributed by atoms with van der Waals surface area (Å²) in [6, 6.07) is 4.31. The fourth-order valence-corrected chi connectivity index (χ4v) is 2.05. The first kappa shape index (κ1) is 14.4. The highest BCUT2D eigenvalue weighted by Crippen LogP contribution is 2.31. The molecule has 1 atom stereocenters. The number of para-hydroxylation sites is 1. The van der Waals surface area contributed by atoms with Gasteiger partial charge in [-0.2, -0.15) is 4.39 Å². The van der Waals surface area contributed by atoms with Gasteiger partial charge < -0.3 is 4.90 Å². The molecule has 1 aromatic rings. The quantitative estimate of drug-likeness (QED) is 0.595. The van der Waals surface area contributed by atoms with Crippen molar-refractivity contribution in [3.63, 3.8) is 0 Å². The van der Waals surface area contributed by atoms with Crippen molar-refractivity contribution in [3.8, 4) is 0 Å². The summed E-state index contributed by atoms with van der Waals surface area (Å²) in [7, 11) is 1.76. The lowest BCUT2D eigenvalue weighted by molar-refractivity contribution is -0.386. The lowest BCUT2D eigenvalue weighted by atomic mass is 10.0. The van der Waals surface area contributed by atoms with Gasteiger partial charge >= 0.3 is 5.69 Å². The van der Waals surface area contributed by atoms with E-state index < -0.39 is 16.4 Å². The largest absolute Gasteiger partial charge is 0.366 e. The first-order chi connectivity index (χ1) is 8.34. The predicted molar refractivity (Wildman–Crippen MR) is 70.4 cm³/mol. The van der Waals surface area contributed by atoms with E-state index in [9.17, 15) is 14.5 Å². The van der Waals surface area contributed by atoms with E-state index in [1.54, 1.807) is 18.0 Å². The molecule has 0 saturated heterocycles. The zero-order valence-corrected chi connectivity index (χ0v) is 11.2. The molecule has 1 rings (SSSR count). The number of rotatable bonds is 5. The Labute approximate surface area is 107 Å². The minimum atomic E-state index is -0.791. The zero-order valence-electron chi connectivity index (χ0n) is 11.2. The molecule has 0 aliphatic heterocycles. The number of nitro benzene ring substituents is 1. The number of anilines is 1. The Morgan fingerprint density at radius 3 is 2.50 bits per heavy atom. The van der Waals surface area contributed by atoms with Crippen LogP contribution in [0, 0.1) is 21.8 Å². The Hall–Kier alpha value is -1.65. The fraction of sp³-hybridized carbons (Fsp3) is 0.538. The van der Waals surface area contributed by atoms with Gasteiger partial charge in [0.05, 0.1) is 4.92 Å². The lowest BCUT2D eigenvalue weighted by Crippen LogP contribution is -2.30. The normalized spacial score (nSPS) is 12.6. The Balaban J connectivity index is 3.09. The first-order valence-electron chi connectivity index (χ1n) is 6.00. The summed E-state index contributed by atoms with van der Waals surface area (Å²) in [6.07, 6.45) is 0.893. The van der Waals surface area contributed by atoms with Gasteiger partial charge in [0.15, 0.2) is 0 Å². The van der Waals surface area contributed by atoms with Crippen LogP contribution in [0.25, 0.3) is 0 Å². The summed E-state index contributed by atoms with van der Waals surface area (Å²) in [5.74, 6) is -0.309. The third kappa shape index (κ3) is 3.18. The van der Waals surface area contributed by atoms with Crippen molar-refractivity contribution >= 4 is 11.4 Å². The Morgan fingerprint density at radius 1 is 1.39 bits per heavy atom. The van der Waals surface area contributed by atoms with Crippen molar-refractivity contribution in [2.24, 2.45) is 5.92 Å². The zero-order chi connectivity index (χ0) is 13.9. The minimum absolute atomic E-state index is 0.116. The van der Waals surface area contributed by atoms with Crippen LogP contribution in [0.3, 0.4) is 0 Å². The number of nitro groups is 1. The molecule has 4 nitrogen and oxygen atoms in total. The van der Waals surface area contributed by atoms with Gasteiger partial charge in [0.2, 0.25) is 5.82 Å². The molecule has 1 unspecified atom stereocenters. The van der Waals surface area contributed by atoms with Crippen molar-refractivity contribution in [2.75, 3.05) is 11.9 Å². The molecule has 0 fully saturated rings. The van der Waals surface area contributed by atoms with Crippen LogP contribution in [0.5, 0.6) is 0 Å². The molecule has 1 aromatic carbocycles. The number of nitrogens with zero attached hydrogens (tertiary/aromatic N) is 2. The van der Waals surface area contributed by atoms with E-state index in [-0.39, 0.29) is 6.04 Å². The monoisotopic (exact) mass is 254 g/mol. The van der Waals surface area contributed by atoms with Crippen LogP contribution >= 0.6 is 0 Å². The molecule has 0 aromatic heterocycles. The molecule has 18 heavy (non-hydrogen) atoms. The summed E-state index contributed by atoms with van der Waals surface area (Å²) < 4.78 is 13.5. The van der Waals surface area contributed by atoms with Crippen molar-refractivity contribution in [2.45, 2.75) is 33.2 Å². The molecule has 0 saturated carbocycles. The van der Waals surface area contributed by atoms with Crippen LogP contribution in [0.2, 0.25) is 0 Å². The van der Waals surface area contributed by atoms with E-state index in [0.717, 1.165) is 12.5 Å². The second-order valence-corrected chi connectivity index (χ2v) is 4.95. The van der Waals surface area contributed by atoms with Gasteiger partial charge in [-0.1, -0.05) is 19.9 Å². The first-order valence-corrected chi connectivity index (χ1v) is 6.00. The van der Waals surface area contributed by atoms with Crippen LogP contribution in [0.1, 0.15) is 27.2 Å². The number of hydrogen-bond acceptors (Lipinski definition) is 3. The van der Waals surface area contributed by atoms with Gasteiger partial charge in [0.25, 0.3) is 0 Å². The van der Waals surface area contributed by atoms with Gasteiger partial charge in [-0.25, -0.2) is 0 Å². The van der Waals surface area contributed by atoms with Crippen LogP contribution in [0.15, 0.2) is 18.2 Å². The number of halogens is 1. The molecule has 0 radical (unpaired) electrons. The Bertz CT molecular complexity index is 435. The van der Waals surface area contributed by atoms with Gasteiger partial charge in [-0.3, -0.25) is 10.1 Å². The highest BCUT2D eigenvalue weighted by molar-refractivity contribution is 5.63. The minimum Gasteiger partial charge on any atom is -0.366 e. The van der Waals surface area contributed by atoms with Crippen molar-refractivity contribution in [1.29, 1.82) is 0 Å². The molecule has 0 amide bonds. The second-order valence-electron chi connectivity index (χ2n) is 4.95. The molecule has 0 heterocycles. The van der Waals surface area contributed by atoms with E-state index >= 15 is 0 Å². The number of hydrogen-bond donors (Lipinski definition) is 0.